The molecule has 0 radical (unpaired) electrons. The molecule has 0 saturated carbocycles. The van der Waals surface area contributed by atoms with Crippen LogP contribution in [0.15, 0.2) is 91.0 Å². The van der Waals surface area contributed by atoms with Crippen molar-refractivity contribution in [2.24, 2.45) is 0 Å². The summed E-state index contributed by atoms with van der Waals surface area (Å²) in [6.07, 6.45) is 0.760. The fraction of sp³-hybridized carbons (Fsp3) is 0.214. The number of rotatable bonds is 8. The van der Waals surface area contributed by atoms with Crippen LogP contribution in [0.3, 0.4) is 0 Å². The fourth-order valence-corrected chi connectivity index (χ4v) is 5.75. The van der Waals surface area contributed by atoms with Crippen molar-refractivity contribution in [1.82, 2.24) is 4.90 Å². The van der Waals surface area contributed by atoms with E-state index in [4.69, 9.17) is 4.74 Å². The summed E-state index contributed by atoms with van der Waals surface area (Å²) in [5.74, 6) is 0.456. The molecule has 1 saturated heterocycles. The number of nitro benzene ring substituents is 1. The van der Waals surface area contributed by atoms with Gasteiger partial charge in [0.15, 0.2) is 11.1 Å². The van der Waals surface area contributed by atoms with Crippen molar-refractivity contribution in [2.45, 2.75) is 24.3 Å². The Kier molecular flexibility index (Phi) is 7.09. The first-order valence-electron chi connectivity index (χ1n) is 11.8. The summed E-state index contributed by atoms with van der Waals surface area (Å²) in [6.45, 7) is 2.46. The van der Waals surface area contributed by atoms with Gasteiger partial charge in [0.05, 0.1) is 10.5 Å². The summed E-state index contributed by atoms with van der Waals surface area (Å²) in [6, 6.07) is 27.7. The molecule has 0 aromatic heterocycles. The van der Waals surface area contributed by atoms with Gasteiger partial charge in [-0.15, -0.1) is 0 Å². The third-order valence-corrected chi connectivity index (χ3v) is 7.48. The second-order valence-electron chi connectivity index (χ2n) is 8.95. The van der Waals surface area contributed by atoms with E-state index in [1.807, 2.05) is 48.5 Å². The Bertz CT molecular complexity index is 1410. The second kappa shape index (κ2) is 10.6. The van der Waals surface area contributed by atoms with Gasteiger partial charge in [0, 0.05) is 25.7 Å². The highest BCUT2D eigenvalue weighted by Gasteiger charge is 2.31. The van der Waals surface area contributed by atoms with Gasteiger partial charge in [-0.1, -0.05) is 72.8 Å². The molecule has 4 aromatic carbocycles. The zero-order chi connectivity index (χ0) is 25.1. The Morgan fingerprint density at radius 1 is 1.00 bits per heavy atom. The van der Waals surface area contributed by atoms with E-state index in [1.54, 1.807) is 24.3 Å². The van der Waals surface area contributed by atoms with E-state index in [0.29, 0.717) is 11.3 Å². The van der Waals surface area contributed by atoms with Crippen LogP contribution >= 0.6 is 0 Å². The van der Waals surface area contributed by atoms with Gasteiger partial charge in [0.2, 0.25) is 0 Å². The Balaban J connectivity index is 1.44. The number of ether oxygens (including phenoxy) is 1. The summed E-state index contributed by atoms with van der Waals surface area (Å²) >= 11 is -2.40. The number of hydrogen-bond donors (Lipinski definition) is 1. The quantitative estimate of drug-likeness (QED) is 0.188. The zero-order valence-electron chi connectivity index (χ0n) is 19.5. The lowest BCUT2D eigenvalue weighted by Crippen LogP contribution is -2.24. The maximum atomic E-state index is 12.6. The molecule has 1 heterocycles. The minimum absolute atomic E-state index is 0.0707. The van der Waals surface area contributed by atoms with Crippen LogP contribution in [0.4, 0.5) is 5.69 Å². The van der Waals surface area contributed by atoms with Gasteiger partial charge in [-0.05, 0) is 40.5 Å². The highest BCUT2D eigenvalue weighted by atomic mass is 32.2. The molecule has 36 heavy (non-hydrogen) atoms. The largest absolute Gasteiger partial charge is 0.489 e. The molecule has 5 rings (SSSR count). The lowest BCUT2D eigenvalue weighted by molar-refractivity contribution is -0.385. The first-order chi connectivity index (χ1) is 17.5. The van der Waals surface area contributed by atoms with E-state index in [0.717, 1.165) is 36.8 Å². The fourth-order valence-electron chi connectivity index (χ4n) is 4.92. The van der Waals surface area contributed by atoms with Gasteiger partial charge >= 0.3 is 0 Å². The predicted molar refractivity (Wildman–Crippen MR) is 140 cm³/mol. The van der Waals surface area contributed by atoms with E-state index >= 15 is 0 Å². The van der Waals surface area contributed by atoms with Gasteiger partial charge in [0.25, 0.3) is 5.69 Å². The van der Waals surface area contributed by atoms with Crippen molar-refractivity contribution in [3.05, 3.63) is 118 Å². The topological polar surface area (TPSA) is 92.9 Å². The molecule has 1 N–H and O–H groups in total. The maximum absolute atomic E-state index is 12.6. The molecule has 0 bridgehead atoms. The van der Waals surface area contributed by atoms with E-state index < -0.39 is 21.3 Å². The van der Waals surface area contributed by atoms with Crippen molar-refractivity contribution in [3.8, 4) is 5.75 Å². The van der Waals surface area contributed by atoms with Crippen molar-refractivity contribution in [1.29, 1.82) is 0 Å². The highest BCUT2D eigenvalue weighted by Crippen LogP contribution is 2.39. The Labute approximate surface area is 211 Å². The van der Waals surface area contributed by atoms with Gasteiger partial charge in [-0.25, -0.2) is 4.21 Å². The third-order valence-electron chi connectivity index (χ3n) is 6.57. The Hall–Kier alpha value is -3.59. The lowest BCUT2D eigenvalue weighted by Gasteiger charge is -2.19. The van der Waals surface area contributed by atoms with Crippen LogP contribution in [0, 0.1) is 10.1 Å². The standard InChI is InChI=1S/C28H26N2O5S/c31-30(32)27-14-13-22(35-23-15-16-29(19-23)18-20-7-2-1-3-8-20)17-26(27)28(36(33)34)25-12-6-10-21-9-4-5-11-24(21)25/h1-14,17,23,28H,15-16,18-19H2,(H,33,34). The molecular formula is C28H26N2O5S. The SMILES string of the molecule is O=[N+]([O-])c1ccc(OC2CCN(Cc3ccccc3)C2)cc1C(c1cccc2ccccc12)S(=O)O. The van der Waals surface area contributed by atoms with E-state index in [-0.39, 0.29) is 17.4 Å². The summed E-state index contributed by atoms with van der Waals surface area (Å²) in [7, 11) is 0. The van der Waals surface area contributed by atoms with Crippen LogP contribution in [-0.2, 0) is 17.6 Å². The molecule has 4 aromatic rings. The Morgan fingerprint density at radius 2 is 1.75 bits per heavy atom. The van der Waals surface area contributed by atoms with Crippen LogP contribution in [0.1, 0.15) is 28.4 Å². The third kappa shape index (κ3) is 5.16. The smallest absolute Gasteiger partial charge is 0.274 e. The highest BCUT2D eigenvalue weighted by molar-refractivity contribution is 7.79. The predicted octanol–water partition coefficient (Wildman–Crippen LogP) is 5.71. The summed E-state index contributed by atoms with van der Waals surface area (Å²) < 4.78 is 29.2. The number of benzene rings is 4. The minimum atomic E-state index is -2.40. The normalized spacial score (nSPS) is 17.6. The van der Waals surface area contributed by atoms with Gasteiger partial charge in [-0.3, -0.25) is 15.0 Å². The first-order valence-corrected chi connectivity index (χ1v) is 12.9. The van der Waals surface area contributed by atoms with Crippen LogP contribution < -0.4 is 4.74 Å². The monoisotopic (exact) mass is 502 g/mol. The summed E-state index contributed by atoms with van der Waals surface area (Å²) in [5, 5.41) is 12.5. The maximum Gasteiger partial charge on any atom is 0.274 e. The van der Waals surface area contributed by atoms with Crippen molar-refractivity contribution in [2.75, 3.05) is 13.1 Å². The molecule has 3 unspecified atom stereocenters. The average Bonchev–Trinajstić information content (AvgIpc) is 3.31. The number of fused-ring (bicyclic) bond motifs is 1. The zero-order valence-corrected chi connectivity index (χ0v) is 20.3. The number of nitro groups is 1. The van der Waals surface area contributed by atoms with Crippen LogP contribution in [0.5, 0.6) is 5.75 Å². The van der Waals surface area contributed by atoms with Crippen molar-refractivity contribution in [3.63, 3.8) is 0 Å². The summed E-state index contributed by atoms with van der Waals surface area (Å²) in [4.78, 5) is 13.7. The number of likely N-dealkylation sites (tertiary alicyclic amines) is 1. The number of nitrogens with zero attached hydrogens (tertiary/aromatic N) is 2. The van der Waals surface area contributed by atoms with E-state index in [1.165, 1.54) is 11.6 Å². The van der Waals surface area contributed by atoms with Crippen molar-refractivity contribution >= 4 is 27.5 Å². The summed E-state index contributed by atoms with van der Waals surface area (Å²) in [5.41, 5.74) is 1.75. The average molecular weight is 503 g/mol. The molecule has 1 fully saturated rings. The van der Waals surface area contributed by atoms with E-state index in [2.05, 4.69) is 17.0 Å². The van der Waals surface area contributed by atoms with Crippen LogP contribution in [0.2, 0.25) is 0 Å². The number of hydrogen-bond acceptors (Lipinski definition) is 5. The molecule has 0 amide bonds. The van der Waals surface area contributed by atoms with Crippen molar-refractivity contribution < 1.29 is 18.4 Å². The molecule has 1 aliphatic rings. The molecule has 0 aliphatic carbocycles. The molecule has 8 heteroatoms. The lowest BCUT2D eigenvalue weighted by atomic mass is 9.97. The van der Waals surface area contributed by atoms with E-state index in [9.17, 15) is 18.9 Å². The van der Waals surface area contributed by atoms with Gasteiger partial charge < -0.3 is 9.29 Å². The molecule has 184 valence electrons. The molecule has 3 atom stereocenters. The second-order valence-corrected chi connectivity index (χ2v) is 9.98. The van der Waals surface area contributed by atoms with Gasteiger partial charge in [0.1, 0.15) is 17.1 Å². The molecule has 1 aliphatic heterocycles. The minimum Gasteiger partial charge on any atom is -0.489 e. The molecule has 0 spiro atoms. The first kappa shape index (κ1) is 24.1. The van der Waals surface area contributed by atoms with Crippen LogP contribution in [0.25, 0.3) is 10.8 Å². The van der Waals surface area contributed by atoms with Crippen LogP contribution in [-0.4, -0.2) is 37.8 Å². The molecule has 7 nitrogen and oxygen atoms in total. The molecular weight excluding hydrogens is 476 g/mol. The van der Waals surface area contributed by atoms with Gasteiger partial charge in [-0.2, -0.15) is 0 Å². The Morgan fingerprint density at radius 3 is 2.53 bits per heavy atom.